The van der Waals surface area contributed by atoms with Crippen molar-refractivity contribution in [2.24, 2.45) is 5.41 Å². The fraction of sp³-hybridized carbons (Fsp3) is 0.444. The van der Waals surface area contributed by atoms with Gasteiger partial charge in [0.2, 0.25) is 5.91 Å². The molecule has 0 bridgehead atoms. The molecule has 8 heteroatoms. The quantitative estimate of drug-likeness (QED) is 0.729. The van der Waals surface area contributed by atoms with Gasteiger partial charge < -0.3 is 15.1 Å². The lowest BCUT2D eigenvalue weighted by atomic mass is 9.62. The van der Waals surface area contributed by atoms with E-state index in [9.17, 15) is 4.79 Å². The Balaban J connectivity index is 1.38. The summed E-state index contributed by atoms with van der Waals surface area (Å²) in [7, 11) is 0. The van der Waals surface area contributed by atoms with Gasteiger partial charge in [0, 0.05) is 23.6 Å². The van der Waals surface area contributed by atoms with E-state index in [1.807, 2.05) is 19.1 Å². The number of hydrogen-bond donors (Lipinski definition) is 2. The van der Waals surface area contributed by atoms with Crippen LogP contribution in [0.3, 0.4) is 0 Å². The van der Waals surface area contributed by atoms with Crippen LogP contribution >= 0.6 is 0 Å². The summed E-state index contributed by atoms with van der Waals surface area (Å²) in [5, 5.41) is 14.5. The van der Waals surface area contributed by atoms with Gasteiger partial charge in [0.15, 0.2) is 5.65 Å². The molecule has 2 N–H and O–H groups in total. The normalized spacial score (nSPS) is 22.6. The van der Waals surface area contributed by atoms with Crippen molar-refractivity contribution in [3.8, 4) is 0 Å². The minimum Gasteiger partial charge on any atom is -0.469 e. The van der Waals surface area contributed by atoms with E-state index in [2.05, 4.69) is 39.7 Å². The molecule has 0 saturated heterocycles. The molecule has 3 aromatic rings. The van der Waals surface area contributed by atoms with E-state index in [0.717, 1.165) is 17.9 Å². The molecule has 0 aliphatic heterocycles. The molecule has 26 heavy (non-hydrogen) atoms. The summed E-state index contributed by atoms with van der Waals surface area (Å²) in [6.07, 6.45) is 5.73. The van der Waals surface area contributed by atoms with Crippen molar-refractivity contribution < 1.29 is 9.21 Å². The fourth-order valence-corrected chi connectivity index (χ4v) is 3.36. The number of fused-ring (bicyclic) bond motifs is 1. The van der Waals surface area contributed by atoms with Gasteiger partial charge in [-0.25, -0.2) is 4.98 Å². The van der Waals surface area contributed by atoms with E-state index in [0.29, 0.717) is 5.76 Å². The van der Waals surface area contributed by atoms with E-state index in [1.165, 1.54) is 0 Å². The monoisotopic (exact) mass is 354 g/mol. The zero-order valence-corrected chi connectivity index (χ0v) is 15.0. The molecule has 3 atom stereocenters. The van der Waals surface area contributed by atoms with Crippen LogP contribution in [0.25, 0.3) is 5.65 Å². The van der Waals surface area contributed by atoms with Gasteiger partial charge in [-0.05, 0) is 25.5 Å². The van der Waals surface area contributed by atoms with Crippen molar-refractivity contribution in [1.29, 1.82) is 0 Å². The average Bonchev–Trinajstić information content (AvgIpc) is 3.31. The van der Waals surface area contributed by atoms with E-state index < -0.39 is 0 Å². The van der Waals surface area contributed by atoms with Crippen LogP contribution in [0.2, 0.25) is 0 Å². The zero-order chi connectivity index (χ0) is 18.3. The van der Waals surface area contributed by atoms with E-state index >= 15 is 0 Å². The van der Waals surface area contributed by atoms with Crippen LogP contribution in [0.4, 0.5) is 5.82 Å². The number of rotatable bonds is 5. The van der Waals surface area contributed by atoms with Gasteiger partial charge in [-0.3, -0.25) is 9.20 Å². The molecule has 1 fully saturated rings. The topological polar surface area (TPSA) is 97.3 Å². The third kappa shape index (κ3) is 2.81. The number of furan rings is 1. The first-order chi connectivity index (χ1) is 12.4. The lowest BCUT2D eigenvalue weighted by molar-refractivity contribution is -0.125. The fourth-order valence-electron chi connectivity index (χ4n) is 3.36. The Morgan fingerprint density at radius 1 is 1.38 bits per heavy atom. The zero-order valence-electron chi connectivity index (χ0n) is 15.0. The maximum atomic E-state index is 12.5. The van der Waals surface area contributed by atoms with Gasteiger partial charge >= 0.3 is 0 Å². The molecule has 1 amide bonds. The number of carbonyl (C=O) groups is 1. The number of amides is 1. The van der Waals surface area contributed by atoms with Crippen LogP contribution in [0, 0.1) is 5.41 Å². The highest BCUT2D eigenvalue weighted by Gasteiger charge is 2.49. The molecule has 0 spiro atoms. The number of nitrogens with zero attached hydrogens (tertiary/aromatic N) is 4. The molecule has 0 radical (unpaired) electrons. The SMILES string of the molecule is CC(C(=O)NC1CC(Nc2cc3nncn3cn2)C1(C)C)c1ccco1. The molecule has 1 aliphatic rings. The Hall–Kier alpha value is -2.90. The summed E-state index contributed by atoms with van der Waals surface area (Å²) in [6, 6.07) is 5.80. The van der Waals surface area contributed by atoms with Crippen molar-refractivity contribution in [1.82, 2.24) is 24.9 Å². The highest BCUT2D eigenvalue weighted by atomic mass is 16.3. The molecule has 3 unspecified atom stereocenters. The Kier molecular flexibility index (Phi) is 3.90. The molecular formula is C18H22N6O2. The number of anilines is 1. The summed E-state index contributed by atoms with van der Waals surface area (Å²) in [5.74, 6) is 1.13. The average molecular weight is 354 g/mol. The van der Waals surface area contributed by atoms with Crippen LogP contribution in [0.15, 0.2) is 41.5 Å². The van der Waals surface area contributed by atoms with Crippen molar-refractivity contribution in [3.63, 3.8) is 0 Å². The van der Waals surface area contributed by atoms with Crippen LogP contribution in [0.1, 0.15) is 38.9 Å². The van der Waals surface area contributed by atoms with E-state index in [-0.39, 0.29) is 29.3 Å². The second-order valence-corrected chi connectivity index (χ2v) is 7.42. The Labute approximate surface area is 151 Å². The first-order valence-electron chi connectivity index (χ1n) is 8.71. The van der Waals surface area contributed by atoms with Crippen molar-refractivity contribution in [2.75, 3.05) is 5.32 Å². The molecule has 1 saturated carbocycles. The van der Waals surface area contributed by atoms with Gasteiger partial charge in [0.1, 0.15) is 24.2 Å². The predicted octanol–water partition coefficient (Wildman–Crippen LogP) is 2.22. The summed E-state index contributed by atoms with van der Waals surface area (Å²) in [4.78, 5) is 16.9. The lowest BCUT2D eigenvalue weighted by Gasteiger charge is -2.52. The highest BCUT2D eigenvalue weighted by Crippen LogP contribution is 2.42. The van der Waals surface area contributed by atoms with Gasteiger partial charge in [-0.15, -0.1) is 10.2 Å². The minimum atomic E-state index is -0.301. The highest BCUT2D eigenvalue weighted by molar-refractivity contribution is 5.83. The lowest BCUT2D eigenvalue weighted by Crippen LogP contribution is -2.64. The molecule has 3 aromatic heterocycles. The van der Waals surface area contributed by atoms with E-state index in [1.54, 1.807) is 29.4 Å². The summed E-state index contributed by atoms with van der Waals surface area (Å²) in [6.45, 7) is 6.14. The standard InChI is InChI=1S/C18H22N6O2/c1-11(12-5-4-6-26-12)17(25)22-14-7-13(18(14,2)3)21-15-8-16-23-20-10-24(16)9-19-15/h4-6,8-11,13-14,21H,7H2,1-3H3,(H,22,25). The number of carbonyl (C=O) groups excluding carboxylic acids is 1. The van der Waals surface area contributed by atoms with Crippen LogP contribution in [-0.2, 0) is 4.79 Å². The molecule has 1 aliphatic carbocycles. The van der Waals surface area contributed by atoms with Crippen LogP contribution < -0.4 is 10.6 Å². The van der Waals surface area contributed by atoms with Crippen molar-refractivity contribution in [2.45, 2.75) is 45.2 Å². The van der Waals surface area contributed by atoms with Crippen molar-refractivity contribution in [3.05, 3.63) is 42.9 Å². The first-order valence-corrected chi connectivity index (χ1v) is 8.71. The molecule has 4 rings (SSSR count). The van der Waals surface area contributed by atoms with Gasteiger partial charge in [-0.2, -0.15) is 0 Å². The Morgan fingerprint density at radius 3 is 2.96 bits per heavy atom. The minimum absolute atomic E-state index is 0.0144. The molecule has 8 nitrogen and oxygen atoms in total. The molecule has 3 heterocycles. The van der Waals surface area contributed by atoms with Crippen LogP contribution in [0.5, 0.6) is 0 Å². The third-order valence-electron chi connectivity index (χ3n) is 5.46. The van der Waals surface area contributed by atoms with Gasteiger partial charge in [0.25, 0.3) is 0 Å². The third-order valence-corrected chi connectivity index (χ3v) is 5.46. The van der Waals surface area contributed by atoms with Crippen molar-refractivity contribution >= 4 is 17.4 Å². The largest absolute Gasteiger partial charge is 0.469 e. The maximum Gasteiger partial charge on any atom is 0.230 e. The Morgan fingerprint density at radius 2 is 2.23 bits per heavy atom. The molecular weight excluding hydrogens is 332 g/mol. The number of hydrogen-bond acceptors (Lipinski definition) is 6. The Bertz CT molecular complexity index is 917. The second kappa shape index (κ2) is 6.12. The number of nitrogens with one attached hydrogen (secondary N) is 2. The molecule has 0 aromatic carbocycles. The van der Waals surface area contributed by atoms with Gasteiger partial charge in [-0.1, -0.05) is 13.8 Å². The second-order valence-electron chi connectivity index (χ2n) is 7.42. The van der Waals surface area contributed by atoms with Crippen LogP contribution in [-0.4, -0.2) is 37.6 Å². The summed E-state index contributed by atoms with van der Waals surface area (Å²) < 4.78 is 7.10. The molecule has 136 valence electrons. The van der Waals surface area contributed by atoms with E-state index in [4.69, 9.17) is 4.42 Å². The smallest absolute Gasteiger partial charge is 0.230 e. The predicted molar refractivity (Wildman–Crippen MR) is 95.6 cm³/mol. The summed E-state index contributed by atoms with van der Waals surface area (Å²) >= 11 is 0. The number of aromatic nitrogens is 4. The van der Waals surface area contributed by atoms with Gasteiger partial charge in [0.05, 0.1) is 12.2 Å². The summed E-state index contributed by atoms with van der Waals surface area (Å²) in [5.41, 5.74) is 0.650. The first kappa shape index (κ1) is 16.6. The maximum absolute atomic E-state index is 12.5.